The molecule has 0 radical (unpaired) electrons. The second-order valence-corrected chi connectivity index (χ2v) is 5.05. The molecule has 0 aliphatic rings. The monoisotopic (exact) mass is 253 g/mol. The van der Waals surface area contributed by atoms with Crippen LogP contribution in [-0.4, -0.2) is 36.0 Å². The zero-order valence-electron chi connectivity index (χ0n) is 10.5. The number of anilines is 1. The number of hydrogen-bond acceptors (Lipinski definition) is 4. The largest absolute Gasteiger partial charge is 0.373 e. The zero-order valence-corrected chi connectivity index (χ0v) is 11.3. The van der Waals surface area contributed by atoms with Crippen LogP contribution < -0.4 is 10.6 Å². The Labute approximate surface area is 107 Å². The Morgan fingerprint density at radius 1 is 1.53 bits per heavy atom. The lowest BCUT2D eigenvalue weighted by Gasteiger charge is -2.09. The third-order valence-electron chi connectivity index (χ3n) is 2.52. The van der Waals surface area contributed by atoms with Crippen molar-refractivity contribution in [3.63, 3.8) is 0 Å². The summed E-state index contributed by atoms with van der Waals surface area (Å²) in [6.45, 7) is 2.86. The van der Waals surface area contributed by atoms with Crippen molar-refractivity contribution in [2.24, 2.45) is 0 Å². The van der Waals surface area contributed by atoms with Crippen LogP contribution in [-0.2, 0) is 0 Å². The first-order valence-electron chi connectivity index (χ1n) is 5.62. The first-order valence-corrected chi connectivity index (χ1v) is 6.91. The molecule has 1 aromatic heterocycles. The summed E-state index contributed by atoms with van der Waals surface area (Å²) in [6.07, 6.45) is 4.64. The standard InChI is InChI=1S/C12H19N3OS/c1-9(17-3)6-7-14-12(16)10-4-5-11(13-2)15-8-10/h4-5,8-9H,6-7H2,1-3H3,(H,13,15)(H,14,16). The number of rotatable bonds is 6. The first-order chi connectivity index (χ1) is 8.17. The second kappa shape index (κ2) is 7.17. The Kier molecular flexibility index (Phi) is 5.83. The molecule has 1 aromatic rings. The van der Waals surface area contributed by atoms with E-state index >= 15 is 0 Å². The average Bonchev–Trinajstić information content (AvgIpc) is 2.38. The molecule has 0 spiro atoms. The summed E-state index contributed by atoms with van der Waals surface area (Å²) in [5.41, 5.74) is 0.598. The minimum Gasteiger partial charge on any atom is -0.373 e. The van der Waals surface area contributed by atoms with E-state index in [1.165, 1.54) is 0 Å². The van der Waals surface area contributed by atoms with Gasteiger partial charge in [0.05, 0.1) is 5.56 Å². The van der Waals surface area contributed by atoms with Gasteiger partial charge in [-0.2, -0.15) is 11.8 Å². The van der Waals surface area contributed by atoms with E-state index in [-0.39, 0.29) is 5.91 Å². The predicted octanol–water partition coefficient (Wildman–Crippen LogP) is 1.99. The molecule has 2 N–H and O–H groups in total. The Morgan fingerprint density at radius 3 is 2.82 bits per heavy atom. The van der Waals surface area contributed by atoms with Crippen molar-refractivity contribution in [1.29, 1.82) is 0 Å². The van der Waals surface area contributed by atoms with Gasteiger partial charge in [0.25, 0.3) is 5.91 Å². The molecule has 1 amide bonds. The van der Waals surface area contributed by atoms with E-state index in [1.54, 1.807) is 37.1 Å². The highest BCUT2D eigenvalue weighted by Crippen LogP contribution is 2.08. The van der Waals surface area contributed by atoms with Gasteiger partial charge < -0.3 is 10.6 Å². The quantitative estimate of drug-likeness (QED) is 0.814. The molecular weight excluding hydrogens is 234 g/mol. The second-order valence-electron chi connectivity index (χ2n) is 3.77. The number of amides is 1. The average molecular weight is 253 g/mol. The Hall–Kier alpha value is -1.23. The van der Waals surface area contributed by atoms with Gasteiger partial charge in [-0.25, -0.2) is 4.98 Å². The molecular formula is C12H19N3OS. The van der Waals surface area contributed by atoms with E-state index in [1.807, 2.05) is 0 Å². The van der Waals surface area contributed by atoms with Crippen LogP contribution in [0.1, 0.15) is 23.7 Å². The molecule has 94 valence electrons. The minimum absolute atomic E-state index is 0.0616. The van der Waals surface area contributed by atoms with Gasteiger partial charge >= 0.3 is 0 Å². The molecule has 0 aliphatic carbocycles. The first kappa shape index (κ1) is 13.8. The zero-order chi connectivity index (χ0) is 12.7. The molecule has 1 rings (SSSR count). The van der Waals surface area contributed by atoms with Crippen LogP contribution in [0, 0.1) is 0 Å². The molecule has 1 atom stereocenters. The van der Waals surface area contributed by atoms with Crippen LogP contribution in [0.4, 0.5) is 5.82 Å². The van der Waals surface area contributed by atoms with E-state index in [4.69, 9.17) is 0 Å². The summed E-state index contributed by atoms with van der Waals surface area (Å²) >= 11 is 1.81. The number of pyridine rings is 1. The number of nitrogens with zero attached hydrogens (tertiary/aromatic N) is 1. The number of carbonyl (C=O) groups excluding carboxylic acids is 1. The molecule has 0 aliphatic heterocycles. The fraction of sp³-hybridized carbons (Fsp3) is 0.500. The molecule has 5 heteroatoms. The van der Waals surface area contributed by atoms with Crippen LogP contribution in [0.2, 0.25) is 0 Å². The SMILES string of the molecule is CNc1ccc(C(=O)NCCC(C)SC)cn1. The maximum atomic E-state index is 11.7. The lowest BCUT2D eigenvalue weighted by molar-refractivity contribution is 0.0953. The molecule has 1 heterocycles. The summed E-state index contributed by atoms with van der Waals surface area (Å²) in [6, 6.07) is 3.56. The third kappa shape index (κ3) is 4.65. The number of aromatic nitrogens is 1. The maximum absolute atomic E-state index is 11.7. The van der Waals surface area contributed by atoms with Gasteiger partial charge in [0.1, 0.15) is 5.82 Å². The van der Waals surface area contributed by atoms with Crippen molar-refractivity contribution in [3.8, 4) is 0 Å². The van der Waals surface area contributed by atoms with E-state index in [2.05, 4.69) is 28.8 Å². The van der Waals surface area contributed by atoms with Crippen molar-refractivity contribution in [1.82, 2.24) is 10.3 Å². The number of carbonyl (C=O) groups is 1. The summed E-state index contributed by atoms with van der Waals surface area (Å²) < 4.78 is 0. The fourth-order valence-electron chi connectivity index (χ4n) is 1.28. The molecule has 0 aromatic carbocycles. The number of hydrogen-bond donors (Lipinski definition) is 2. The highest BCUT2D eigenvalue weighted by molar-refractivity contribution is 7.99. The van der Waals surface area contributed by atoms with Gasteiger partial charge in [-0.1, -0.05) is 6.92 Å². The van der Waals surface area contributed by atoms with Gasteiger partial charge in [0.2, 0.25) is 0 Å². The van der Waals surface area contributed by atoms with Crippen LogP contribution in [0.15, 0.2) is 18.3 Å². The van der Waals surface area contributed by atoms with Crippen LogP contribution >= 0.6 is 11.8 Å². The highest BCUT2D eigenvalue weighted by atomic mass is 32.2. The summed E-state index contributed by atoms with van der Waals surface area (Å²) in [5.74, 6) is 0.700. The molecule has 4 nitrogen and oxygen atoms in total. The maximum Gasteiger partial charge on any atom is 0.252 e. The van der Waals surface area contributed by atoms with Crippen LogP contribution in [0.25, 0.3) is 0 Å². The van der Waals surface area contributed by atoms with Crippen molar-refractivity contribution < 1.29 is 4.79 Å². The van der Waals surface area contributed by atoms with E-state index in [0.717, 1.165) is 12.2 Å². The predicted molar refractivity (Wildman–Crippen MR) is 73.7 cm³/mol. The molecule has 1 unspecified atom stereocenters. The smallest absolute Gasteiger partial charge is 0.252 e. The van der Waals surface area contributed by atoms with Crippen molar-refractivity contribution in [2.75, 3.05) is 25.2 Å². The van der Waals surface area contributed by atoms with Crippen molar-refractivity contribution in [2.45, 2.75) is 18.6 Å². The van der Waals surface area contributed by atoms with E-state index in [0.29, 0.717) is 17.4 Å². The Morgan fingerprint density at radius 2 is 2.29 bits per heavy atom. The third-order valence-corrected chi connectivity index (χ3v) is 3.56. The molecule has 0 fully saturated rings. The normalized spacial score (nSPS) is 11.9. The van der Waals surface area contributed by atoms with Gasteiger partial charge in [0.15, 0.2) is 0 Å². The minimum atomic E-state index is -0.0616. The van der Waals surface area contributed by atoms with Gasteiger partial charge in [-0.15, -0.1) is 0 Å². The Balaban J connectivity index is 2.41. The van der Waals surface area contributed by atoms with Gasteiger partial charge in [-0.05, 0) is 24.8 Å². The van der Waals surface area contributed by atoms with Crippen molar-refractivity contribution in [3.05, 3.63) is 23.9 Å². The molecule has 17 heavy (non-hydrogen) atoms. The van der Waals surface area contributed by atoms with Crippen LogP contribution in [0.5, 0.6) is 0 Å². The lowest BCUT2D eigenvalue weighted by Crippen LogP contribution is -2.26. The fourth-order valence-corrected chi connectivity index (χ4v) is 1.64. The topological polar surface area (TPSA) is 54.0 Å². The van der Waals surface area contributed by atoms with E-state index in [9.17, 15) is 4.79 Å². The summed E-state index contributed by atoms with van der Waals surface area (Å²) in [4.78, 5) is 15.8. The summed E-state index contributed by atoms with van der Waals surface area (Å²) in [5, 5.41) is 6.37. The summed E-state index contributed by atoms with van der Waals surface area (Å²) in [7, 11) is 1.80. The van der Waals surface area contributed by atoms with E-state index < -0.39 is 0 Å². The molecule has 0 saturated carbocycles. The Bertz CT molecular complexity index is 353. The van der Waals surface area contributed by atoms with Gasteiger partial charge in [0, 0.05) is 25.0 Å². The number of thioether (sulfide) groups is 1. The highest BCUT2D eigenvalue weighted by Gasteiger charge is 2.06. The number of nitrogens with one attached hydrogen (secondary N) is 2. The molecule has 0 saturated heterocycles. The van der Waals surface area contributed by atoms with Gasteiger partial charge in [-0.3, -0.25) is 4.79 Å². The lowest BCUT2D eigenvalue weighted by atomic mass is 10.2. The van der Waals surface area contributed by atoms with Crippen molar-refractivity contribution >= 4 is 23.5 Å². The van der Waals surface area contributed by atoms with Crippen LogP contribution in [0.3, 0.4) is 0 Å². The molecule has 0 bridgehead atoms.